The zero-order valence-corrected chi connectivity index (χ0v) is 12.9. The summed E-state index contributed by atoms with van der Waals surface area (Å²) < 4.78 is 3.01. The van der Waals surface area contributed by atoms with E-state index in [0.29, 0.717) is 0 Å². The summed E-state index contributed by atoms with van der Waals surface area (Å²) in [5, 5.41) is 4.51. The van der Waals surface area contributed by atoms with Crippen molar-refractivity contribution in [3.8, 4) is 17.1 Å². The van der Waals surface area contributed by atoms with Gasteiger partial charge in [-0.2, -0.15) is 5.10 Å². The van der Waals surface area contributed by atoms with Crippen LogP contribution in [0.25, 0.3) is 17.1 Å². The van der Waals surface area contributed by atoms with Crippen LogP contribution >= 0.6 is 27.7 Å². The Labute approximate surface area is 129 Å². The fraction of sp³-hybridized carbons (Fsp3) is 0.0667. The van der Waals surface area contributed by atoms with Gasteiger partial charge in [0.15, 0.2) is 5.82 Å². The number of rotatable bonds is 1. The number of fused-ring (bicyclic) bond motifs is 3. The third-order valence-corrected chi connectivity index (χ3v) is 4.87. The van der Waals surface area contributed by atoms with Crippen molar-refractivity contribution in [2.45, 2.75) is 10.6 Å². The van der Waals surface area contributed by atoms with Gasteiger partial charge in [-0.15, -0.1) is 11.8 Å². The van der Waals surface area contributed by atoms with Gasteiger partial charge in [-0.05, 0) is 29.8 Å². The quantitative estimate of drug-likeness (QED) is 0.659. The van der Waals surface area contributed by atoms with Crippen LogP contribution in [-0.4, -0.2) is 14.8 Å². The van der Waals surface area contributed by atoms with Gasteiger partial charge in [0.2, 0.25) is 0 Å². The molecule has 0 N–H and O–H groups in total. The molecule has 3 aromatic rings. The number of thioether (sulfide) groups is 1. The molecule has 0 atom stereocenters. The van der Waals surface area contributed by atoms with E-state index in [1.807, 2.05) is 40.8 Å². The fourth-order valence-electron chi connectivity index (χ4n) is 2.39. The topological polar surface area (TPSA) is 30.7 Å². The van der Waals surface area contributed by atoms with Crippen molar-refractivity contribution in [1.29, 1.82) is 0 Å². The highest BCUT2D eigenvalue weighted by Crippen LogP contribution is 2.42. The third-order valence-electron chi connectivity index (χ3n) is 3.31. The minimum absolute atomic E-state index is 0.849. The van der Waals surface area contributed by atoms with Gasteiger partial charge in [-0.3, -0.25) is 0 Å². The Bertz CT molecular complexity index is 783. The minimum atomic E-state index is 0.849. The average Bonchev–Trinajstić information content (AvgIpc) is 2.92. The van der Waals surface area contributed by atoms with Crippen LogP contribution in [0.5, 0.6) is 0 Å². The Morgan fingerprint density at radius 3 is 3.00 bits per heavy atom. The molecule has 2 aromatic heterocycles. The van der Waals surface area contributed by atoms with E-state index in [-0.39, 0.29) is 0 Å². The third kappa shape index (κ3) is 1.89. The predicted molar refractivity (Wildman–Crippen MR) is 84.1 cm³/mol. The van der Waals surface area contributed by atoms with Crippen LogP contribution in [0.2, 0.25) is 0 Å². The van der Waals surface area contributed by atoms with E-state index in [9.17, 15) is 0 Å². The zero-order valence-electron chi connectivity index (χ0n) is 10.5. The first-order valence-electron chi connectivity index (χ1n) is 6.24. The van der Waals surface area contributed by atoms with Gasteiger partial charge in [0.25, 0.3) is 0 Å². The number of aromatic nitrogens is 3. The summed E-state index contributed by atoms with van der Waals surface area (Å²) in [6, 6.07) is 12.3. The first-order chi connectivity index (χ1) is 9.83. The highest BCUT2D eigenvalue weighted by molar-refractivity contribution is 9.10. The molecule has 1 aliphatic rings. The van der Waals surface area contributed by atoms with Crippen LogP contribution in [0.1, 0.15) is 5.56 Å². The number of hydrogen-bond acceptors (Lipinski definition) is 3. The van der Waals surface area contributed by atoms with E-state index >= 15 is 0 Å². The normalized spacial score (nSPS) is 12.8. The summed E-state index contributed by atoms with van der Waals surface area (Å²) in [6.45, 7) is 0. The van der Waals surface area contributed by atoms with Gasteiger partial charge in [0, 0.05) is 22.0 Å². The molecule has 0 saturated carbocycles. The molecule has 0 aliphatic carbocycles. The number of pyridine rings is 1. The molecule has 3 nitrogen and oxygen atoms in total. The van der Waals surface area contributed by atoms with Gasteiger partial charge >= 0.3 is 0 Å². The standard InChI is InChI=1S/C15H10BrN3S/c16-11-5-4-10-9-20-13-8-18-19(15(13)12(10)7-11)14-3-1-2-6-17-14/h1-8H,9H2. The van der Waals surface area contributed by atoms with E-state index in [4.69, 9.17) is 0 Å². The second-order valence-electron chi connectivity index (χ2n) is 4.55. The van der Waals surface area contributed by atoms with Gasteiger partial charge in [0.05, 0.1) is 16.8 Å². The van der Waals surface area contributed by atoms with Crippen molar-refractivity contribution < 1.29 is 0 Å². The van der Waals surface area contributed by atoms with Crippen molar-refractivity contribution in [3.05, 3.63) is 58.8 Å². The van der Waals surface area contributed by atoms with E-state index in [2.05, 4.69) is 44.2 Å². The van der Waals surface area contributed by atoms with Crippen LogP contribution in [-0.2, 0) is 5.75 Å². The van der Waals surface area contributed by atoms with Crippen LogP contribution in [0, 0.1) is 0 Å². The Morgan fingerprint density at radius 2 is 2.15 bits per heavy atom. The summed E-state index contributed by atoms with van der Waals surface area (Å²) in [4.78, 5) is 5.61. The Balaban J connectivity index is 1.98. The lowest BCUT2D eigenvalue weighted by atomic mass is 10.1. The van der Waals surface area contributed by atoms with Gasteiger partial charge in [-0.25, -0.2) is 9.67 Å². The van der Waals surface area contributed by atoms with Crippen molar-refractivity contribution >= 4 is 27.7 Å². The highest BCUT2D eigenvalue weighted by atomic mass is 79.9. The molecular weight excluding hydrogens is 334 g/mol. The molecule has 0 radical (unpaired) electrons. The number of benzene rings is 1. The molecule has 0 amide bonds. The van der Waals surface area contributed by atoms with Gasteiger partial charge in [0.1, 0.15) is 0 Å². The van der Waals surface area contributed by atoms with Gasteiger partial charge < -0.3 is 0 Å². The average molecular weight is 344 g/mol. The molecule has 20 heavy (non-hydrogen) atoms. The van der Waals surface area contributed by atoms with E-state index in [1.165, 1.54) is 16.0 Å². The molecule has 0 saturated heterocycles. The van der Waals surface area contributed by atoms with Crippen LogP contribution < -0.4 is 0 Å². The summed E-state index contributed by atoms with van der Waals surface area (Å²) in [7, 11) is 0. The highest BCUT2D eigenvalue weighted by Gasteiger charge is 2.22. The Kier molecular flexibility index (Phi) is 2.89. The SMILES string of the molecule is Brc1ccc2c(c1)-c1c(cnn1-c1ccccn1)SC2. The Morgan fingerprint density at radius 1 is 1.20 bits per heavy atom. The van der Waals surface area contributed by atoms with E-state index < -0.39 is 0 Å². The molecule has 1 aromatic carbocycles. The maximum absolute atomic E-state index is 4.51. The molecule has 0 unspecified atom stereocenters. The molecule has 3 heterocycles. The minimum Gasteiger partial charge on any atom is -0.237 e. The van der Waals surface area contributed by atoms with Crippen molar-refractivity contribution in [2.75, 3.05) is 0 Å². The lowest BCUT2D eigenvalue weighted by Gasteiger charge is -2.18. The van der Waals surface area contributed by atoms with E-state index in [0.717, 1.165) is 21.7 Å². The molecule has 5 heteroatoms. The number of hydrogen-bond donors (Lipinski definition) is 0. The first-order valence-corrected chi connectivity index (χ1v) is 8.02. The van der Waals surface area contributed by atoms with Crippen molar-refractivity contribution in [1.82, 2.24) is 14.8 Å². The molecule has 0 bridgehead atoms. The summed E-state index contributed by atoms with van der Waals surface area (Å²) in [5.74, 6) is 1.84. The monoisotopic (exact) mass is 343 g/mol. The van der Waals surface area contributed by atoms with E-state index in [1.54, 1.807) is 6.20 Å². The smallest absolute Gasteiger partial charge is 0.154 e. The number of nitrogens with zero attached hydrogens (tertiary/aromatic N) is 3. The first kappa shape index (κ1) is 12.2. The lowest BCUT2D eigenvalue weighted by molar-refractivity contribution is 0.852. The van der Waals surface area contributed by atoms with Crippen molar-refractivity contribution in [3.63, 3.8) is 0 Å². The fourth-order valence-corrected chi connectivity index (χ4v) is 3.77. The summed E-state index contributed by atoms with van der Waals surface area (Å²) >= 11 is 5.39. The molecule has 1 aliphatic heterocycles. The van der Waals surface area contributed by atoms with Gasteiger partial charge in [-0.1, -0.05) is 28.1 Å². The maximum atomic E-state index is 4.51. The maximum Gasteiger partial charge on any atom is 0.154 e. The summed E-state index contributed by atoms with van der Waals surface area (Å²) in [5.41, 5.74) is 3.70. The summed E-state index contributed by atoms with van der Waals surface area (Å²) in [6.07, 6.45) is 3.72. The molecule has 0 fully saturated rings. The second kappa shape index (κ2) is 4.75. The largest absolute Gasteiger partial charge is 0.237 e. The van der Waals surface area contributed by atoms with Crippen LogP contribution in [0.15, 0.2) is 58.2 Å². The molecular formula is C15H10BrN3S. The lowest BCUT2D eigenvalue weighted by Crippen LogP contribution is -2.04. The molecule has 4 rings (SSSR count). The van der Waals surface area contributed by atoms with Crippen LogP contribution in [0.3, 0.4) is 0 Å². The molecule has 98 valence electrons. The van der Waals surface area contributed by atoms with Crippen LogP contribution in [0.4, 0.5) is 0 Å². The predicted octanol–water partition coefficient (Wildman–Crippen LogP) is 4.30. The number of halogens is 1. The molecule has 0 spiro atoms. The van der Waals surface area contributed by atoms with Crippen molar-refractivity contribution in [2.24, 2.45) is 0 Å². The zero-order chi connectivity index (χ0) is 13.5. The second-order valence-corrected chi connectivity index (χ2v) is 6.48. The Hall–Kier alpha value is -1.59.